The van der Waals surface area contributed by atoms with Crippen molar-refractivity contribution in [1.29, 1.82) is 0 Å². The Morgan fingerprint density at radius 2 is 1.21 bits per heavy atom. The maximum atomic E-state index is 12.6. The molecule has 0 aliphatic heterocycles. The Morgan fingerprint density at radius 3 is 1.55 bits per heavy atom. The van der Waals surface area contributed by atoms with Crippen molar-refractivity contribution in [3.05, 3.63) is 60.2 Å². The third-order valence-corrected chi connectivity index (χ3v) is 6.19. The molecule has 0 aromatic heterocycles. The van der Waals surface area contributed by atoms with Crippen LogP contribution in [0.2, 0.25) is 0 Å². The van der Waals surface area contributed by atoms with Gasteiger partial charge in [0.1, 0.15) is 0 Å². The molecule has 5 heteroatoms. The summed E-state index contributed by atoms with van der Waals surface area (Å²) in [6.07, 6.45) is 0. The minimum absolute atomic E-state index is 0.272. The van der Waals surface area contributed by atoms with Crippen molar-refractivity contribution in [2.24, 2.45) is 5.92 Å². The van der Waals surface area contributed by atoms with E-state index in [4.69, 9.17) is 0 Å². The second-order valence-electron chi connectivity index (χ2n) is 7.43. The van der Waals surface area contributed by atoms with Crippen molar-refractivity contribution in [3.63, 3.8) is 0 Å². The molecular weight excluding hydrogens is 380 g/mol. The minimum Gasteiger partial charge on any atom is -0.310 e. The van der Waals surface area contributed by atoms with E-state index in [0.717, 1.165) is 12.1 Å². The van der Waals surface area contributed by atoms with E-state index in [0.29, 0.717) is 15.7 Å². The van der Waals surface area contributed by atoms with E-state index in [2.05, 4.69) is 44.7 Å². The topological polar surface area (TPSA) is 40.6 Å². The van der Waals surface area contributed by atoms with Gasteiger partial charge in [-0.2, -0.15) is 0 Å². The SMILES string of the molecule is CC.CC(C)C(c1ccc(S(=O)(=O)c2ccccc2)cc1)N(C)C.CCN(C)C. The van der Waals surface area contributed by atoms with Crippen molar-refractivity contribution in [2.75, 3.05) is 34.7 Å². The molecule has 2 aromatic rings. The molecule has 1 atom stereocenters. The zero-order chi connectivity index (χ0) is 22.6. The van der Waals surface area contributed by atoms with Crippen molar-refractivity contribution in [3.8, 4) is 0 Å². The maximum Gasteiger partial charge on any atom is 0.206 e. The fourth-order valence-electron chi connectivity index (χ4n) is 2.86. The molecule has 1 unspecified atom stereocenters. The number of benzene rings is 2. The number of nitrogens with zero attached hydrogens (tertiary/aromatic N) is 2. The maximum absolute atomic E-state index is 12.6. The van der Waals surface area contributed by atoms with Crippen molar-refractivity contribution in [1.82, 2.24) is 9.80 Å². The molecule has 0 heterocycles. The van der Waals surface area contributed by atoms with E-state index in [-0.39, 0.29) is 6.04 Å². The molecule has 0 radical (unpaired) electrons. The zero-order valence-corrected chi connectivity index (χ0v) is 20.5. The average Bonchev–Trinajstić information content (AvgIpc) is 2.70. The Labute approximate surface area is 179 Å². The Morgan fingerprint density at radius 1 is 0.793 bits per heavy atom. The first kappa shape index (κ1) is 27.3. The van der Waals surface area contributed by atoms with Crippen molar-refractivity contribution >= 4 is 9.84 Å². The van der Waals surface area contributed by atoms with Crippen LogP contribution in [0.3, 0.4) is 0 Å². The van der Waals surface area contributed by atoms with E-state index >= 15 is 0 Å². The lowest BCUT2D eigenvalue weighted by Crippen LogP contribution is -2.24. The van der Waals surface area contributed by atoms with E-state index in [9.17, 15) is 8.42 Å². The van der Waals surface area contributed by atoms with E-state index in [1.165, 1.54) is 0 Å². The van der Waals surface area contributed by atoms with Crippen LogP contribution in [-0.2, 0) is 9.84 Å². The lowest BCUT2D eigenvalue weighted by Gasteiger charge is -2.28. The molecule has 0 saturated carbocycles. The molecule has 0 aliphatic rings. The highest BCUT2D eigenvalue weighted by atomic mass is 32.2. The first-order chi connectivity index (χ1) is 13.6. The summed E-state index contributed by atoms with van der Waals surface area (Å²) in [6.45, 7) is 11.6. The summed E-state index contributed by atoms with van der Waals surface area (Å²) < 4.78 is 25.1. The lowest BCUT2D eigenvalue weighted by atomic mass is 9.95. The quantitative estimate of drug-likeness (QED) is 0.630. The van der Waals surface area contributed by atoms with Gasteiger partial charge in [0.2, 0.25) is 9.84 Å². The molecule has 4 nitrogen and oxygen atoms in total. The molecule has 0 N–H and O–H groups in total. The van der Waals surface area contributed by atoms with Gasteiger partial charge in [0, 0.05) is 6.04 Å². The molecule has 0 bridgehead atoms. The van der Waals surface area contributed by atoms with Gasteiger partial charge in [-0.3, -0.25) is 0 Å². The number of hydrogen-bond acceptors (Lipinski definition) is 4. The molecule has 0 aliphatic carbocycles. The van der Waals surface area contributed by atoms with Gasteiger partial charge >= 0.3 is 0 Å². The molecule has 0 saturated heterocycles. The normalized spacial score (nSPS) is 12.1. The second-order valence-corrected chi connectivity index (χ2v) is 9.38. The van der Waals surface area contributed by atoms with Crippen LogP contribution in [0.5, 0.6) is 0 Å². The van der Waals surface area contributed by atoms with Crippen LogP contribution in [0, 0.1) is 5.92 Å². The van der Waals surface area contributed by atoms with Crippen molar-refractivity contribution < 1.29 is 8.42 Å². The predicted molar refractivity (Wildman–Crippen MR) is 125 cm³/mol. The summed E-state index contributed by atoms with van der Waals surface area (Å²) in [5.41, 5.74) is 1.13. The van der Waals surface area contributed by atoms with Gasteiger partial charge in [-0.1, -0.05) is 65.0 Å². The largest absolute Gasteiger partial charge is 0.310 e. The van der Waals surface area contributed by atoms with Gasteiger partial charge in [-0.15, -0.1) is 0 Å². The highest BCUT2D eigenvalue weighted by Crippen LogP contribution is 2.28. The average molecular weight is 421 g/mol. The summed E-state index contributed by atoms with van der Waals surface area (Å²) in [5.74, 6) is 0.451. The fraction of sp³-hybridized carbons (Fsp3) is 0.500. The van der Waals surface area contributed by atoms with Crippen LogP contribution in [0.15, 0.2) is 64.4 Å². The smallest absolute Gasteiger partial charge is 0.206 e. The molecule has 0 amide bonds. The van der Waals surface area contributed by atoms with Crippen molar-refractivity contribution in [2.45, 2.75) is 50.5 Å². The second kappa shape index (κ2) is 13.5. The number of sulfone groups is 1. The van der Waals surface area contributed by atoms with Gasteiger partial charge in [0.05, 0.1) is 9.79 Å². The standard InChI is InChI=1S/C18H23NO2S.C4H11N.C2H6/c1-14(2)18(19(3)4)15-10-12-17(13-11-15)22(20,21)16-8-6-5-7-9-16;1-4-5(2)3;1-2/h5-14,18H,1-4H3;4H2,1-3H3;1-2H3. The fourth-order valence-corrected chi connectivity index (χ4v) is 4.14. The van der Waals surface area contributed by atoms with Crippen LogP contribution in [0.4, 0.5) is 0 Å². The summed E-state index contributed by atoms with van der Waals surface area (Å²) in [7, 11) is 4.76. The Bertz CT molecular complexity index is 760. The Kier molecular flexibility index (Phi) is 12.7. The lowest BCUT2D eigenvalue weighted by molar-refractivity contribution is 0.235. The van der Waals surface area contributed by atoms with Gasteiger partial charge in [0.25, 0.3) is 0 Å². The summed E-state index contributed by atoms with van der Waals surface area (Å²) >= 11 is 0. The highest BCUT2D eigenvalue weighted by molar-refractivity contribution is 7.91. The zero-order valence-electron chi connectivity index (χ0n) is 19.7. The molecule has 0 fully saturated rings. The molecule has 0 spiro atoms. The first-order valence-corrected chi connectivity index (χ1v) is 11.8. The van der Waals surface area contributed by atoms with E-state index in [1.54, 1.807) is 36.4 Å². The Hall–Kier alpha value is -1.69. The highest BCUT2D eigenvalue weighted by Gasteiger charge is 2.20. The van der Waals surface area contributed by atoms with Gasteiger partial charge in [0.15, 0.2) is 0 Å². The van der Waals surface area contributed by atoms with Crippen LogP contribution in [0.1, 0.15) is 46.2 Å². The Balaban J connectivity index is 0.000000977. The van der Waals surface area contributed by atoms with Crippen LogP contribution >= 0.6 is 0 Å². The monoisotopic (exact) mass is 420 g/mol. The summed E-state index contributed by atoms with van der Waals surface area (Å²) in [6, 6.07) is 16.1. The third-order valence-electron chi connectivity index (χ3n) is 4.41. The molecule has 29 heavy (non-hydrogen) atoms. The first-order valence-electron chi connectivity index (χ1n) is 10.3. The molecule has 2 rings (SSSR count). The van der Waals surface area contributed by atoms with Crippen LogP contribution < -0.4 is 0 Å². The van der Waals surface area contributed by atoms with E-state index < -0.39 is 9.84 Å². The van der Waals surface area contributed by atoms with Gasteiger partial charge in [-0.25, -0.2) is 8.42 Å². The predicted octanol–water partition coefficient (Wildman–Crippen LogP) is 5.37. The van der Waals surface area contributed by atoms with Gasteiger partial charge in [-0.05, 0) is 70.5 Å². The minimum atomic E-state index is -3.44. The molecule has 2 aromatic carbocycles. The van der Waals surface area contributed by atoms with E-state index in [1.807, 2.05) is 46.1 Å². The van der Waals surface area contributed by atoms with Gasteiger partial charge < -0.3 is 9.80 Å². The summed E-state index contributed by atoms with van der Waals surface area (Å²) in [4.78, 5) is 4.95. The number of rotatable bonds is 6. The number of hydrogen-bond donors (Lipinski definition) is 0. The third kappa shape index (κ3) is 8.69. The van der Waals surface area contributed by atoms with Crippen LogP contribution in [0.25, 0.3) is 0 Å². The molecule has 164 valence electrons. The summed E-state index contributed by atoms with van der Waals surface area (Å²) in [5, 5.41) is 0. The molecular formula is C24H40N2O2S. The van der Waals surface area contributed by atoms with Crippen LogP contribution in [-0.4, -0.2) is 53.0 Å².